The number of nitrogens with zero attached hydrogens (tertiary/aromatic N) is 5. The number of carbonyl (C=O) groups is 1. The molecule has 10 heteroatoms. The monoisotopic (exact) mass is 448 g/mol. The lowest BCUT2D eigenvalue weighted by atomic mass is 10.1. The maximum absolute atomic E-state index is 15.1. The number of halogens is 1. The van der Waals surface area contributed by atoms with Crippen LogP contribution in [0.25, 0.3) is 11.3 Å². The van der Waals surface area contributed by atoms with E-state index in [0.717, 1.165) is 11.3 Å². The summed E-state index contributed by atoms with van der Waals surface area (Å²) in [4.78, 5) is 19.8. The highest BCUT2D eigenvalue weighted by molar-refractivity contribution is 5.94. The number of nitrogens with one attached hydrogen (secondary N) is 1. The molecule has 1 unspecified atom stereocenters. The maximum atomic E-state index is 15.1. The standard InChI is InChI=1S/C23H21FN6O3/c24-21-15-29(9-10-30(21)23(31)16-4-3-8-25-13-16)20-6-2-1-5-18(20)19-12-17(33-27-19)14-26-22-7-11-32-28-22/h1-8,11-13,21H,9-10,14-15H2,(H,26,28). The van der Waals surface area contributed by atoms with Gasteiger partial charge in [-0.1, -0.05) is 28.5 Å². The normalized spacial score (nSPS) is 16.1. The van der Waals surface area contributed by atoms with Gasteiger partial charge in [-0.2, -0.15) is 0 Å². The number of anilines is 2. The molecule has 0 spiro atoms. The second-order valence-corrected chi connectivity index (χ2v) is 7.55. The summed E-state index contributed by atoms with van der Waals surface area (Å²) in [5.41, 5.74) is 2.68. The van der Waals surface area contributed by atoms with Crippen LogP contribution in [-0.4, -0.2) is 52.0 Å². The van der Waals surface area contributed by atoms with Gasteiger partial charge in [-0.25, -0.2) is 4.39 Å². The van der Waals surface area contributed by atoms with Gasteiger partial charge in [-0.3, -0.25) is 9.78 Å². The average molecular weight is 448 g/mol. The van der Waals surface area contributed by atoms with Crippen molar-refractivity contribution < 1.29 is 18.2 Å². The van der Waals surface area contributed by atoms with Crippen LogP contribution in [0.4, 0.5) is 15.9 Å². The van der Waals surface area contributed by atoms with E-state index in [9.17, 15) is 4.79 Å². The van der Waals surface area contributed by atoms with E-state index >= 15 is 4.39 Å². The number of rotatable bonds is 6. The molecule has 4 heterocycles. The molecule has 0 aliphatic carbocycles. The number of para-hydroxylation sites is 1. The van der Waals surface area contributed by atoms with E-state index in [2.05, 4.69) is 20.6 Å². The predicted molar refractivity (Wildman–Crippen MR) is 118 cm³/mol. The minimum atomic E-state index is -1.45. The first-order valence-corrected chi connectivity index (χ1v) is 10.5. The summed E-state index contributed by atoms with van der Waals surface area (Å²) in [6.45, 7) is 1.20. The van der Waals surface area contributed by atoms with Crippen LogP contribution in [0.2, 0.25) is 0 Å². The van der Waals surface area contributed by atoms with Crippen molar-refractivity contribution in [3.8, 4) is 11.3 Å². The number of aromatic nitrogens is 3. The van der Waals surface area contributed by atoms with Gasteiger partial charge in [0.2, 0.25) is 0 Å². The number of hydrogen-bond acceptors (Lipinski definition) is 8. The van der Waals surface area contributed by atoms with E-state index in [1.165, 1.54) is 17.4 Å². The van der Waals surface area contributed by atoms with Crippen molar-refractivity contribution >= 4 is 17.4 Å². The Morgan fingerprint density at radius 1 is 1.15 bits per heavy atom. The number of benzene rings is 1. The number of alkyl halides is 1. The number of amides is 1. The fourth-order valence-electron chi connectivity index (χ4n) is 3.81. The van der Waals surface area contributed by atoms with Gasteiger partial charge in [0.25, 0.3) is 5.91 Å². The van der Waals surface area contributed by atoms with Gasteiger partial charge in [-0.05, 0) is 18.2 Å². The van der Waals surface area contributed by atoms with Crippen LogP contribution in [0.5, 0.6) is 0 Å². The number of piperazine rings is 1. The molecule has 0 saturated carbocycles. The SMILES string of the molecule is O=C(c1cccnc1)N1CCN(c2ccccc2-c2cc(CNc3ccon3)on2)CC1F. The van der Waals surface area contributed by atoms with Crippen LogP contribution >= 0.6 is 0 Å². The highest BCUT2D eigenvalue weighted by Gasteiger charge is 2.32. The van der Waals surface area contributed by atoms with Gasteiger partial charge < -0.3 is 24.2 Å². The van der Waals surface area contributed by atoms with Crippen molar-refractivity contribution in [2.45, 2.75) is 12.8 Å². The molecule has 1 atom stereocenters. The summed E-state index contributed by atoms with van der Waals surface area (Å²) in [6.07, 6.45) is 3.07. The summed E-state index contributed by atoms with van der Waals surface area (Å²) < 4.78 is 25.3. The predicted octanol–water partition coefficient (Wildman–Crippen LogP) is 3.59. The molecule has 1 aliphatic rings. The summed E-state index contributed by atoms with van der Waals surface area (Å²) >= 11 is 0. The van der Waals surface area contributed by atoms with Gasteiger partial charge >= 0.3 is 0 Å². The van der Waals surface area contributed by atoms with E-state index in [4.69, 9.17) is 9.05 Å². The topological polar surface area (TPSA) is 101 Å². The lowest BCUT2D eigenvalue weighted by molar-refractivity contribution is 0.0422. The third-order valence-corrected chi connectivity index (χ3v) is 5.45. The molecule has 4 aromatic rings. The molecule has 1 amide bonds. The van der Waals surface area contributed by atoms with Gasteiger partial charge in [0.15, 0.2) is 17.9 Å². The quantitative estimate of drug-likeness (QED) is 0.447. The zero-order valence-electron chi connectivity index (χ0n) is 17.6. The lowest BCUT2D eigenvalue weighted by Gasteiger charge is -2.39. The Bertz CT molecular complexity index is 1210. The van der Waals surface area contributed by atoms with Gasteiger partial charge in [0, 0.05) is 48.9 Å². The van der Waals surface area contributed by atoms with Crippen LogP contribution in [0, 0.1) is 0 Å². The molecule has 0 radical (unpaired) electrons. The molecule has 1 fully saturated rings. The third kappa shape index (κ3) is 4.40. The van der Waals surface area contributed by atoms with Crippen molar-refractivity contribution in [3.63, 3.8) is 0 Å². The molecule has 1 aliphatic heterocycles. The maximum Gasteiger partial charge on any atom is 0.257 e. The smallest absolute Gasteiger partial charge is 0.257 e. The molecule has 1 saturated heterocycles. The zero-order chi connectivity index (χ0) is 22.6. The van der Waals surface area contributed by atoms with Crippen LogP contribution in [0.1, 0.15) is 16.1 Å². The molecular formula is C23H21FN6O3. The Balaban J connectivity index is 1.30. The second-order valence-electron chi connectivity index (χ2n) is 7.55. The third-order valence-electron chi connectivity index (χ3n) is 5.45. The van der Waals surface area contributed by atoms with Crippen LogP contribution in [0.15, 0.2) is 76.2 Å². The largest absolute Gasteiger partial charge is 0.364 e. The Labute approximate surface area is 188 Å². The molecule has 1 aromatic carbocycles. The zero-order valence-corrected chi connectivity index (χ0v) is 17.6. The van der Waals surface area contributed by atoms with E-state index in [1.54, 1.807) is 24.4 Å². The minimum Gasteiger partial charge on any atom is -0.364 e. The average Bonchev–Trinajstić information content (AvgIpc) is 3.55. The molecule has 0 bridgehead atoms. The fraction of sp³-hybridized carbons (Fsp3) is 0.217. The van der Waals surface area contributed by atoms with Gasteiger partial charge in [0.1, 0.15) is 12.0 Å². The molecule has 1 N–H and O–H groups in total. The summed E-state index contributed by atoms with van der Waals surface area (Å²) in [5, 5.41) is 11.1. The fourth-order valence-corrected chi connectivity index (χ4v) is 3.81. The Morgan fingerprint density at radius 3 is 2.85 bits per heavy atom. The van der Waals surface area contributed by atoms with Crippen molar-refractivity contribution in [1.82, 2.24) is 20.2 Å². The van der Waals surface area contributed by atoms with Crippen molar-refractivity contribution in [1.29, 1.82) is 0 Å². The summed E-state index contributed by atoms with van der Waals surface area (Å²) in [5.74, 6) is 0.864. The molecular weight excluding hydrogens is 427 g/mol. The first-order valence-electron chi connectivity index (χ1n) is 10.5. The molecule has 168 valence electrons. The number of pyridine rings is 1. The van der Waals surface area contributed by atoms with Gasteiger partial charge in [-0.15, -0.1) is 0 Å². The van der Waals surface area contributed by atoms with E-state index in [1.807, 2.05) is 35.2 Å². The summed E-state index contributed by atoms with van der Waals surface area (Å²) in [7, 11) is 0. The van der Waals surface area contributed by atoms with Crippen LogP contribution < -0.4 is 10.2 Å². The van der Waals surface area contributed by atoms with Crippen LogP contribution in [-0.2, 0) is 6.54 Å². The minimum absolute atomic E-state index is 0.0570. The molecule has 3 aromatic heterocycles. The van der Waals surface area contributed by atoms with Crippen molar-refractivity contribution in [2.24, 2.45) is 0 Å². The number of hydrogen-bond donors (Lipinski definition) is 1. The first kappa shape index (κ1) is 20.7. The first-order chi connectivity index (χ1) is 16.2. The molecule has 9 nitrogen and oxygen atoms in total. The van der Waals surface area contributed by atoms with Gasteiger partial charge in [0.05, 0.1) is 18.7 Å². The summed E-state index contributed by atoms with van der Waals surface area (Å²) in [6, 6.07) is 14.5. The Hall–Kier alpha value is -4.21. The van der Waals surface area contributed by atoms with Crippen LogP contribution in [0.3, 0.4) is 0 Å². The van der Waals surface area contributed by atoms with Crippen molar-refractivity contribution in [3.05, 3.63) is 78.5 Å². The van der Waals surface area contributed by atoms with E-state index < -0.39 is 6.30 Å². The van der Waals surface area contributed by atoms with E-state index in [0.29, 0.717) is 35.9 Å². The Morgan fingerprint density at radius 2 is 2.06 bits per heavy atom. The van der Waals surface area contributed by atoms with Crippen molar-refractivity contribution in [2.75, 3.05) is 29.9 Å². The molecule has 5 rings (SSSR count). The van der Waals surface area contributed by atoms with E-state index in [-0.39, 0.29) is 19.0 Å². The number of carbonyl (C=O) groups excluding carboxylic acids is 1. The molecule has 33 heavy (non-hydrogen) atoms. The highest BCUT2D eigenvalue weighted by Crippen LogP contribution is 2.32. The highest BCUT2D eigenvalue weighted by atomic mass is 19.1. The lowest BCUT2D eigenvalue weighted by Crippen LogP contribution is -2.53. The second kappa shape index (κ2) is 9.11. The Kier molecular flexibility index (Phi) is 5.71.